The first kappa shape index (κ1) is 21.0. The summed E-state index contributed by atoms with van der Waals surface area (Å²) in [5, 5.41) is 7.85. The maximum absolute atomic E-state index is 13.0. The van der Waals surface area contributed by atoms with E-state index in [1.54, 1.807) is 9.58 Å². The molecule has 34 heavy (non-hydrogen) atoms. The summed E-state index contributed by atoms with van der Waals surface area (Å²) in [6.45, 7) is 3.43. The van der Waals surface area contributed by atoms with Crippen molar-refractivity contribution < 1.29 is 14.4 Å². The molecule has 1 atom stereocenters. The van der Waals surface area contributed by atoms with Crippen molar-refractivity contribution in [3.63, 3.8) is 0 Å². The number of nitrogens with one attached hydrogen (secondary N) is 1. The van der Waals surface area contributed by atoms with E-state index < -0.39 is 11.9 Å². The maximum Gasteiger partial charge on any atom is 0.255 e. The summed E-state index contributed by atoms with van der Waals surface area (Å²) in [7, 11) is 1.90. The van der Waals surface area contributed by atoms with Gasteiger partial charge in [0.1, 0.15) is 6.04 Å². The highest BCUT2D eigenvalue weighted by Gasteiger charge is 2.39. The molecule has 1 unspecified atom stereocenters. The molecule has 0 saturated carbocycles. The van der Waals surface area contributed by atoms with Gasteiger partial charge in [-0.1, -0.05) is 6.07 Å². The molecule has 1 N–H and O–H groups in total. The number of amides is 3. The van der Waals surface area contributed by atoms with Gasteiger partial charge in [-0.3, -0.25) is 29.3 Å². The van der Waals surface area contributed by atoms with Gasteiger partial charge in [-0.05, 0) is 61.7 Å². The summed E-state index contributed by atoms with van der Waals surface area (Å²) in [4.78, 5) is 45.8. The molecule has 2 fully saturated rings. The van der Waals surface area contributed by atoms with Crippen LogP contribution in [0.4, 0.5) is 0 Å². The van der Waals surface area contributed by atoms with Crippen molar-refractivity contribution in [2.24, 2.45) is 7.05 Å². The molecule has 6 rings (SSSR count). The fourth-order valence-corrected chi connectivity index (χ4v) is 5.37. The molecule has 5 heterocycles. The smallest absolute Gasteiger partial charge is 0.255 e. The number of rotatable bonds is 4. The molecule has 1 aromatic carbocycles. The van der Waals surface area contributed by atoms with E-state index >= 15 is 0 Å². The molecule has 3 aromatic rings. The monoisotopic (exact) mass is 458 g/mol. The second kappa shape index (κ2) is 8.02. The zero-order valence-corrected chi connectivity index (χ0v) is 19.1. The Morgan fingerprint density at radius 1 is 1.12 bits per heavy atom. The second-order valence-electron chi connectivity index (χ2n) is 9.43. The van der Waals surface area contributed by atoms with Gasteiger partial charge < -0.3 is 4.90 Å². The lowest BCUT2D eigenvalue weighted by atomic mass is 10.0. The number of pyridine rings is 1. The van der Waals surface area contributed by atoms with Crippen LogP contribution < -0.4 is 5.32 Å². The number of hydrogen-bond donors (Lipinski definition) is 1. The lowest BCUT2D eigenvalue weighted by Crippen LogP contribution is -2.52. The fraction of sp³-hybridized carbons (Fsp3) is 0.400. The topological polar surface area (TPSA) is 100 Å². The van der Waals surface area contributed by atoms with Crippen LogP contribution >= 0.6 is 0 Å². The number of benzene rings is 1. The molecular weight excluding hydrogens is 432 g/mol. The van der Waals surface area contributed by atoms with Crippen LogP contribution in [-0.2, 0) is 29.7 Å². The Balaban J connectivity index is 1.34. The maximum atomic E-state index is 13.0. The van der Waals surface area contributed by atoms with Crippen LogP contribution in [0.25, 0.3) is 22.3 Å². The number of carbonyl (C=O) groups is 3. The number of nitrogens with zero attached hydrogens (tertiary/aromatic N) is 5. The average Bonchev–Trinajstić information content (AvgIpc) is 3.54. The van der Waals surface area contributed by atoms with Crippen molar-refractivity contribution in [3.8, 4) is 11.3 Å². The summed E-state index contributed by atoms with van der Waals surface area (Å²) in [6.07, 6.45) is 4.95. The summed E-state index contributed by atoms with van der Waals surface area (Å²) < 4.78 is 1.80. The fourth-order valence-electron chi connectivity index (χ4n) is 5.37. The molecular formula is C25H26N6O3. The van der Waals surface area contributed by atoms with Crippen LogP contribution in [0, 0.1) is 0 Å². The highest BCUT2D eigenvalue weighted by molar-refractivity contribution is 6.05. The zero-order chi connectivity index (χ0) is 23.4. The van der Waals surface area contributed by atoms with E-state index in [4.69, 9.17) is 4.98 Å². The van der Waals surface area contributed by atoms with Crippen molar-refractivity contribution in [3.05, 3.63) is 47.2 Å². The predicted molar refractivity (Wildman–Crippen MR) is 125 cm³/mol. The van der Waals surface area contributed by atoms with Gasteiger partial charge in [0.15, 0.2) is 5.65 Å². The summed E-state index contributed by atoms with van der Waals surface area (Å²) in [6, 6.07) is 7.28. The first-order valence-electron chi connectivity index (χ1n) is 11.8. The van der Waals surface area contributed by atoms with Crippen LogP contribution in [0.2, 0.25) is 0 Å². The summed E-state index contributed by atoms with van der Waals surface area (Å²) >= 11 is 0. The van der Waals surface area contributed by atoms with Crippen LogP contribution in [0.3, 0.4) is 0 Å². The van der Waals surface area contributed by atoms with Crippen molar-refractivity contribution >= 4 is 28.8 Å². The van der Waals surface area contributed by atoms with Gasteiger partial charge in [0.2, 0.25) is 11.8 Å². The Bertz CT molecular complexity index is 1340. The van der Waals surface area contributed by atoms with Gasteiger partial charge in [-0.2, -0.15) is 5.10 Å². The first-order chi connectivity index (χ1) is 16.5. The molecule has 0 spiro atoms. The SMILES string of the molecule is Cn1ncc2c(CN3CCCC3)cc(-c3ccc4c(c3)CN(C3CCC(=O)NC3=O)C4=O)nc21. The van der Waals surface area contributed by atoms with E-state index in [-0.39, 0.29) is 18.2 Å². The Labute approximate surface area is 196 Å². The minimum absolute atomic E-state index is 0.166. The average molecular weight is 459 g/mol. The van der Waals surface area contributed by atoms with Gasteiger partial charge in [0, 0.05) is 43.1 Å². The minimum atomic E-state index is -0.614. The number of hydrogen-bond acceptors (Lipinski definition) is 6. The third kappa shape index (κ3) is 3.47. The van der Waals surface area contributed by atoms with Crippen molar-refractivity contribution in [2.75, 3.05) is 13.1 Å². The molecule has 2 saturated heterocycles. The largest absolute Gasteiger partial charge is 0.322 e. The molecule has 2 aromatic heterocycles. The van der Waals surface area contributed by atoms with E-state index in [0.29, 0.717) is 18.5 Å². The van der Waals surface area contributed by atoms with E-state index in [2.05, 4.69) is 21.4 Å². The van der Waals surface area contributed by atoms with Crippen LogP contribution in [0.15, 0.2) is 30.5 Å². The number of piperidine rings is 1. The lowest BCUT2D eigenvalue weighted by molar-refractivity contribution is -0.136. The van der Waals surface area contributed by atoms with Gasteiger partial charge in [-0.15, -0.1) is 0 Å². The predicted octanol–water partition coefficient (Wildman–Crippen LogP) is 1.99. The van der Waals surface area contributed by atoms with Crippen molar-refractivity contribution in [1.82, 2.24) is 29.9 Å². The third-order valence-electron chi connectivity index (χ3n) is 7.20. The Hall–Kier alpha value is -3.59. The Morgan fingerprint density at radius 3 is 2.74 bits per heavy atom. The number of imide groups is 1. The molecule has 3 aliphatic heterocycles. The molecule has 9 heteroatoms. The number of fused-ring (bicyclic) bond motifs is 2. The lowest BCUT2D eigenvalue weighted by Gasteiger charge is -2.29. The third-order valence-corrected chi connectivity index (χ3v) is 7.20. The van der Waals surface area contributed by atoms with Gasteiger partial charge in [0.05, 0.1) is 11.9 Å². The number of likely N-dealkylation sites (tertiary alicyclic amines) is 1. The standard InChI is InChI=1S/C25H26N6O3/c1-29-23-19(12-26-29)17(13-30-8-2-3-9-30)11-20(27-23)15-4-5-18-16(10-15)14-31(25(18)34)21-6-7-22(32)28-24(21)33/h4-5,10-12,21H,2-3,6-9,13-14H2,1H3,(H,28,32,33). The Morgan fingerprint density at radius 2 is 1.94 bits per heavy atom. The van der Waals surface area contributed by atoms with E-state index in [1.165, 1.54) is 18.4 Å². The molecule has 3 amide bonds. The van der Waals surface area contributed by atoms with Crippen LogP contribution in [0.5, 0.6) is 0 Å². The molecule has 0 bridgehead atoms. The van der Waals surface area contributed by atoms with E-state index in [1.807, 2.05) is 31.4 Å². The van der Waals surface area contributed by atoms with Crippen molar-refractivity contribution in [2.45, 2.75) is 44.8 Å². The zero-order valence-electron chi connectivity index (χ0n) is 19.1. The normalized spacial score (nSPS) is 20.9. The van der Waals surface area contributed by atoms with Gasteiger partial charge in [-0.25, -0.2) is 4.98 Å². The number of carbonyl (C=O) groups excluding carboxylic acids is 3. The highest BCUT2D eigenvalue weighted by Crippen LogP contribution is 2.32. The molecule has 3 aliphatic rings. The van der Waals surface area contributed by atoms with Crippen molar-refractivity contribution in [1.29, 1.82) is 0 Å². The Kier molecular flexibility index (Phi) is 4.95. The second-order valence-corrected chi connectivity index (χ2v) is 9.43. The van der Waals surface area contributed by atoms with Gasteiger partial charge in [0.25, 0.3) is 5.91 Å². The number of aromatic nitrogens is 3. The van der Waals surface area contributed by atoms with Crippen LogP contribution in [-0.4, -0.2) is 61.4 Å². The molecule has 0 radical (unpaired) electrons. The molecule has 0 aliphatic carbocycles. The highest BCUT2D eigenvalue weighted by atomic mass is 16.2. The number of aryl methyl sites for hydroxylation is 1. The summed E-state index contributed by atoms with van der Waals surface area (Å²) in [5.41, 5.74) is 5.31. The van der Waals surface area contributed by atoms with E-state index in [9.17, 15) is 14.4 Å². The molecule has 9 nitrogen and oxygen atoms in total. The summed E-state index contributed by atoms with van der Waals surface area (Å²) in [5.74, 6) is -0.845. The minimum Gasteiger partial charge on any atom is -0.322 e. The van der Waals surface area contributed by atoms with Gasteiger partial charge >= 0.3 is 0 Å². The molecule has 174 valence electrons. The van der Waals surface area contributed by atoms with Crippen LogP contribution in [0.1, 0.15) is 47.2 Å². The van der Waals surface area contributed by atoms with E-state index in [0.717, 1.165) is 47.5 Å². The first-order valence-corrected chi connectivity index (χ1v) is 11.8. The quantitative estimate of drug-likeness (QED) is 0.600.